The number of nitrogens with zero attached hydrogens (tertiary/aromatic N) is 7. The number of hydrogen-bond donors (Lipinski definition) is 2. The van der Waals surface area contributed by atoms with Crippen LogP contribution in [0.4, 0.5) is 9.18 Å². The fraction of sp³-hybridized carbons (Fsp3) is 0.424. The molecule has 0 radical (unpaired) electrons. The Morgan fingerprint density at radius 3 is 2.78 bits per heavy atom. The maximum atomic E-state index is 13.5. The second-order valence-corrected chi connectivity index (χ2v) is 13.0. The zero-order chi connectivity index (χ0) is 32.2. The van der Waals surface area contributed by atoms with E-state index in [1.54, 1.807) is 18.6 Å². The molecule has 0 saturated heterocycles. The lowest BCUT2D eigenvalue weighted by atomic mass is 10.0. The molecule has 1 aromatic carbocycles. The third kappa shape index (κ3) is 5.43. The molecule has 4 aromatic heterocycles. The van der Waals surface area contributed by atoms with E-state index < -0.39 is 18.8 Å². The van der Waals surface area contributed by atoms with Gasteiger partial charge in [0.05, 0.1) is 40.4 Å². The van der Waals surface area contributed by atoms with Crippen LogP contribution in [-0.2, 0) is 25.6 Å². The van der Waals surface area contributed by atoms with Crippen LogP contribution in [0.5, 0.6) is 5.75 Å². The monoisotopic (exact) mass is 628 g/mol. The number of ether oxygens (including phenoxy) is 1. The number of carbonyl (C=O) groups excluding carboxylic acids is 1. The fourth-order valence-corrected chi connectivity index (χ4v) is 6.30. The fourth-order valence-electron chi connectivity index (χ4n) is 6.30. The number of fused-ring (bicyclic) bond motifs is 3. The lowest BCUT2D eigenvalue weighted by Gasteiger charge is -2.30. The minimum Gasteiger partial charge on any atom is -0.489 e. The number of aromatic nitrogens is 6. The van der Waals surface area contributed by atoms with E-state index in [1.165, 1.54) is 17.7 Å². The van der Waals surface area contributed by atoms with Crippen molar-refractivity contribution in [3.8, 4) is 17.3 Å². The molecule has 1 atom stereocenters. The van der Waals surface area contributed by atoms with Crippen LogP contribution in [0.3, 0.4) is 0 Å². The van der Waals surface area contributed by atoms with E-state index in [1.807, 2.05) is 34.5 Å². The second kappa shape index (κ2) is 11.5. The number of aryl methyl sites for hydroxylation is 1. The summed E-state index contributed by atoms with van der Waals surface area (Å²) in [7, 11) is 1.94. The average Bonchev–Trinajstić information content (AvgIpc) is 3.39. The van der Waals surface area contributed by atoms with Gasteiger partial charge in [0.1, 0.15) is 24.5 Å². The van der Waals surface area contributed by atoms with Gasteiger partial charge >= 0.3 is 6.09 Å². The number of amides is 2. The van der Waals surface area contributed by atoms with Crippen LogP contribution in [0, 0.1) is 5.92 Å². The summed E-state index contributed by atoms with van der Waals surface area (Å²) in [4.78, 5) is 40.0. The lowest BCUT2D eigenvalue weighted by Crippen LogP contribution is -2.48. The summed E-state index contributed by atoms with van der Waals surface area (Å²) in [5, 5.41) is 12.2. The standard InChI is InChI=1S/C33H37FN8O4/c1-33(2,41-12-10-35-19-41)18-46-27-6-4-5-21-13-26(42(28(21)27)16-20-7-8-20)30-38-25-14-23-24(37-29(25)39(30)3)9-11-40(31(23)43)17-22(15-34)36-32(44)45/h4-6,10,12-14,19-20,22,36H,7-9,11,15-18H2,1-3H3,(H,44,45). The topological polar surface area (TPSA) is 132 Å². The number of alkyl halides is 1. The Balaban J connectivity index is 1.25. The van der Waals surface area contributed by atoms with Crippen LogP contribution < -0.4 is 10.1 Å². The molecule has 0 spiro atoms. The highest BCUT2D eigenvalue weighted by Gasteiger charge is 2.31. The van der Waals surface area contributed by atoms with E-state index in [2.05, 4.69) is 40.8 Å². The van der Waals surface area contributed by atoms with Crippen molar-refractivity contribution in [1.82, 2.24) is 38.9 Å². The van der Waals surface area contributed by atoms with Crippen molar-refractivity contribution in [2.75, 3.05) is 26.4 Å². The first-order valence-corrected chi connectivity index (χ1v) is 15.6. The van der Waals surface area contributed by atoms with Crippen LogP contribution in [-0.4, -0.2) is 83.1 Å². The number of rotatable bonds is 11. The van der Waals surface area contributed by atoms with Gasteiger partial charge in [0.25, 0.3) is 5.91 Å². The molecule has 1 saturated carbocycles. The average molecular weight is 629 g/mol. The van der Waals surface area contributed by atoms with Crippen molar-refractivity contribution in [1.29, 1.82) is 0 Å². The highest BCUT2D eigenvalue weighted by molar-refractivity contribution is 5.99. The highest BCUT2D eigenvalue weighted by atomic mass is 19.1. The third-order valence-electron chi connectivity index (χ3n) is 9.05. The Hall–Kier alpha value is -4.94. The van der Waals surface area contributed by atoms with Crippen molar-refractivity contribution in [2.45, 2.75) is 51.2 Å². The van der Waals surface area contributed by atoms with Crippen LogP contribution in [0.15, 0.2) is 49.1 Å². The predicted molar refractivity (Wildman–Crippen MR) is 170 cm³/mol. The van der Waals surface area contributed by atoms with Gasteiger partial charge in [-0.15, -0.1) is 0 Å². The van der Waals surface area contributed by atoms with E-state index in [9.17, 15) is 14.0 Å². The van der Waals surface area contributed by atoms with E-state index in [4.69, 9.17) is 19.8 Å². The second-order valence-electron chi connectivity index (χ2n) is 13.0. The lowest BCUT2D eigenvalue weighted by molar-refractivity contribution is 0.0712. The Morgan fingerprint density at radius 1 is 1.24 bits per heavy atom. The molecule has 2 amide bonds. The number of para-hydroxylation sites is 1. The van der Waals surface area contributed by atoms with E-state index >= 15 is 0 Å². The Bertz CT molecular complexity index is 1940. The molecular weight excluding hydrogens is 591 g/mol. The molecule has 1 aliphatic heterocycles. The SMILES string of the molecule is Cn1c(-c2cc3cccc(OCC(C)(C)n4ccnc4)c3n2CC2CC2)nc2cc3c(nc21)CCN(CC(CF)NC(=O)O)C3=O. The summed E-state index contributed by atoms with van der Waals surface area (Å²) in [5.41, 5.74) is 3.98. The molecule has 1 fully saturated rings. The number of nitrogens with one attached hydrogen (secondary N) is 1. The number of imidazole rings is 2. The first-order valence-electron chi connectivity index (χ1n) is 15.6. The molecule has 13 heteroatoms. The summed E-state index contributed by atoms with van der Waals surface area (Å²) in [5.74, 6) is 1.81. The zero-order valence-electron chi connectivity index (χ0n) is 26.1. The smallest absolute Gasteiger partial charge is 0.405 e. The number of carbonyl (C=O) groups is 2. The molecule has 12 nitrogen and oxygen atoms in total. The van der Waals surface area contributed by atoms with Gasteiger partial charge in [-0.2, -0.15) is 0 Å². The largest absolute Gasteiger partial charge is 0.489 e. The normalized spacial score (nSPS) is 15.8. The summed E-state index contributed by atoms with van der Waals surface area (Å²) in [6.07, 6.45) is 7.02. The number of benzene rings is 1. The van der Waals surface area contributed by atoms with Crippen LogP contribution >= 0.6 is 0 Å². The summed E-state index contributed by atoms with van der Waals surface area (Å²) < 4.78 is 26.3. The van der Waals surface area contributed by atoms with Crippen LogP contribution in [0.25, 0.3) is 33.6 Å². The maximum absolute atomic E-state index is 13.5. The summed E-state index contributed by atoms with van der Waals surface area (Å²) >= 11 is 0. The highest BCUT2D eigenvalue weighted by Crippen LogP contribution is 2.39. The van der Waals surface area contributed by atoms with Gasteiger partial charge in [0.2, 0.25) is 0 Å². The molecule has 46 heavy (non-hydrogen) atoms. The van der Waals surface area contributed by atoms with E-state index in [-0.39, 0.29) is 18.0 Å². The Kier molecular flexibility index (Phi) is 7.41. The minimum atomic E-state index is -1.33. The van der Waals surface area contributed by atoms with E-state index in [0.29, 0.717) is 47.9 Å². The molecular formula is C33H37FN8O4. The quantitative estimate of drug-likeness (QED) is 0.218. The maximum Gasteiger partial charge on any atom is 0.405 e. The van der Waals surface area contributed by atoms with Crippen molar-refractivity contribution in [3.63, 3.8) is 0 Å². The molecule has 5 aromatic rings. The Morgan fingerprint density at radius 2 is 2.07 bits per heavy atom. The first-order chi connectivity index (χ1) is 22.1. The molecule has 1 aliphatic carbocycles. The van der Waals surface area contributed by atoms with E-state index in [0.717, 1.165) is 34.7 Å². The van der Waals surface area contributed by atoms with Crippen molar-refractivity contribution < 1.29 is 23.8 Å². The summed E-state index contributed by atoms with van der Waals surface area (Å²) in [6, 6.07) is 9.01. The Labute approximate surface area is 264 Å². The first kappa shape index (κ1) is 29.8. The van der Waals surface area contributed by atoms with Crippen molar-refractivity contribution >= 4 is 34.1 Å². The molecule has 5 heterocycles. The number of hydrogen-bond acceptors (Lipinski definition) is 6. The van der Waals surface area contributed by atoms with Crippen LogP contribution in [0.2, 0.25) is 0 Å². The minimum absolute atomic E-state index is 0.0578. The predicted octanol–water partition coefficient (Wildman–Crippen LogP) is 4.61. The molecule has 0 bridgehead atoms. The van der Waals surface area contributed by atoms with Gasteiger partial charge in [-0.1, -0.05) is 12.1 Å². The van der Waals surface area contributed by atoms with Gasteiger partial charge < -0.3 is 33.8 Å². The van der Waals surface area contributed by atoms with Gasteiger partial charge in [-0.25, -0.2) is 24.1 Å². The molecule has 240 valence electrons. The van der Waals surface area contributed by atoms with Crippen LogP contribution in [0.1, 0.15) is 42.7 Å². The number of pyridine rings is 1. The molecule has 1 unspecified atom stereocenters. The molecule has 7 rings (SSSR count). The van der Waals surface area contributed by atoms with Gasteiger partial charge in [-0.05, 0) is 50.8 Å². The van der Waals surface area contributed by atoms with Gasteiger partial charge in [0, 0.05) is 50.9 Å². The summed E-state index contributed by atoms with van der Waals surface area (Å²) in [6.45, 7) is 4.88. The van der Waals surface area contributed by atoms with Crippen molar-refractivity contribution in [3.05, 3.63) is 60.3 Å². The molecule has 2 aliphatic rings. The van der Waals surface area contributed by atoms with Gasteiger partial charge in [0.15, 0.2) is 11.5 Å². The van der Waals surface area contributed by atoms with Gasteiger partial charge in [-0.3, -0.25) is 4.79 Å². The zero-order valence-corrected chi connectivity index (χ0v) is 26.1. The third-order valence-corrected chi connectivity index (χ3v) is 9.05. The number of carboxylic acid groups (broad SMARTS) is 1. The number of halogens is 1. The molecule has 2 N–H and O–H groups in total. The van der Waals surface area contributed by atoms with Crippen molar-refractivity contribution in [2.24, 2.45) is 13.0 Å².